The third kappa shape index (κ3) is 8.40. The van der Waals surface area contributed by atoms with Gasteiger partial charge in [-0.15, -0.1) is 0 Å². The van der Waals surface area contributed by atoms with Crippen LogP contribution in [-0.4, -0.2) is 50.5 Å². The van der Waals surface area contributed by atoms with E-state index in [1.165, 1.54) is 9.21 Å². The molecule has 35 heavy (non-hydrogen) atoms. The third-order valence-electron chi connectivity index (χ3n) is 5.59. The van der Waals surface area contributed by atoms with E-state index in [9.17, 15) is 18.0 Å². The highest BCUT2D eigenvalue weighted by molar-refractivity contribution is 7.92. The number of anilines is 1. The van der Waals surface area contributed by atoms with Crippen molar-refractivity contribution in [1.82, 2.24) is 10.2 Å². The summed E-state index contributed by atoms with van der Waals surface area (Å²) in [5, 5.41) is 3.59. The van der Waals surface area contributed by atoms with E-state index in [2.05, 4.69) is 5.32 Å². The van der Waals surface area contributed by atoms with E-state index < -0.39 is 16.1 Å². The lowest BCUT2D eigenvalue weighted by molar-refractivity contribution is -0.140. The molecule has 2 rings (SSSR count). The lowest BCUT2D eigenvalue weighted by Crippen LogP contribution is -2.47. The largest absolute Gasteiger partial charge is 0.354 e. The molecule has 1 atom stereocenters. The molecule has 1 N–H and O–H groups in total. The summed E-state index contributed by atoms with van der Waals surface area (Å²) in [6, 6.07) is 11.6. The average molecular weight is 543 g/mol. The fourth-order valence-corrected chi connectivity index (χ4v) is 4.98. The van der Waals surface area contributed by atoms with Crippen molar-refractivity contribution in [1.29, 1.82) is 0 Å². The summed E-state index contributed by atoms with van der Waals surface area (Å²) in [4.78, 5) is 27.4. The van der Waals surface area contributed by atoms with E-state index in [-0.39, 0.29) is 31.3 Å². The normalized spacial score (nSPS) is 12.2. The number of amides is 2. The number of aryl methyl sites for hydroxylation is 1. The first-order valence-corrected chi connectivity index (χ1v) is 14.1. The van der Waals surface area contributed by atoms with Crippen molar-refractivity contribution in [3.8, 4) is 0 Å². The smallest absolute Gasteiger partial charge is 0.242 e. The van der Waals surface area contributed by atoms with Gasteiger partial charge in [-0.05, 0) is 56.0 Å². The molecule has 0 saturated heterocycles. The highest BCUT2D eigenvalue weighted by atomic mass is 35.5. The van der Waals surface area contributed by atoms with Gasteiger partial charge in [0.15, 0.2) is 0 Å². The maximum atomic E-state index is 13.3. The predicted octanol–water partition coefficient (Wildman–Crippen LogP) is 4.79. The fraction of sp³-hybridized carbons (Fsp3) is 0.440. The number of sulfonamides is 1. The lowest BCUT2D eigenvalue weighted by Gasteiger charge is -2.29. The molecular formula is C25H33Cl2N3O4S. The molecule has 7 nitrogen and oxygen atoms in total. The Hall–Kier alpha value is -2.29. The molecule has 2 aromatic rings. The van der Waals surface area contributed by atoms with Crippen LogP contribution in [-0.2, 0) is 26.2 Å². The monoisotopic (exact) mass is 541 g/mol. The molecule has 0 fully saturated rings. The third-order valence-corrected chi connectivity index (χ3v) is 7.51. The van der Waals surface area contributed by atoms with Crippen LogP contribution in [0.15, 0.2) is 42.5 Å². The van der Waals surface area contributed by atoms with Crippen molar-refractivity contribution in [2.45, 2.75) is 52.6 Å². The maximum absolute atomic E-state index is 13.3. The molecule has 0 aliphatic rings. The topological polar surface area (TPSA) is 86.8 Å². The molecule has 0 aliphatic carbocycles. The van der Waals surface area contributed by atoms with Gasteiger partial charge < -0.3 is 10.2 Å². The first-order chi connectivity index (χ1) is 16.5. The number of carbonyl (C=O) groups excluding carboxylic acids is 2. The van der Waals surface area contributed by atoms with Crippen molar-refractivity contribution >= 4 is 50.7 Å². The van der Waals surface area contributed by atoms with Gasteiger partial charge in [0, 0.05) is 26.1 Å². The minimum Gasteiger partial charge on any atom is -0.354 e. The fourth-order valence-electron chi connectivity index (χ4n) is 3.64. The van der Waals surface area contributed by atoms with E-state index >= 15 is 0 Å². The minimum atomic E-state index is -3.54. The Labute approximate surface area is 218 Å². The zero-order valence-corrected chi connectivity index (χ0v) is 22.9. The van der Waals surface area contributed by atoms with Crippen LogP contribution in [0.3, 0.4) is 0 Å². The summed E-state index contributed by atoms with van der Waals surface area (Å²) in [6.45, 7) is 6.30. The molecule has 2 aromatic carbocycles. The standard InChI is InChI=1S/C25H33Cl2N3O4S/c1-5-14-28-25(32)19(3)29(17-20-12-13-21(26)22(27)16-20)24(31)11-8-15-30(35(4,33)34)23-10-7-6-9-18(23)2/h6-7,9-10,12-13,16,19H,5,8,11,14-15,17H2,1-4H3,(H,28,32)/t19-/m0/s1. The van der Waals surface area contributed by atoms with Gasteiger partial charge in [0.1, 0.15) is 6.04 Å². The van der Waals surface area contributed by atoms with Crippen molar-refractivity contribution < 1.29 is 18.0 Å². The second-order valence-corrected chi connectivity index (χ2v) is 11.2. The van der Waals surface area contributed by atoms with E-state index in [4.69, 9.17) is 23.2 Å². The highest BCUT2D eigenvalue weighted by Gasteiger charge is 2.27. The number of hydrogen-bond donors (Lipinski definition) is 1. The van der Waals surface area contributed by atoms with Gasteiger partial charge in [-0.1, -0.05) is 54.4 Å². The summed E-state index contributed by atoms with van der Waals surface area (Å²) in [7, 11) is -3.54. The number of hydrogen-bond acceptors (Lipinski definition) is 4. The molecule has 10 heteroatoms. The molecular weight excluding hydrogens is 509 g/mol. The number of para-hydroxylation sites is 1. The Balaban J connectivity index is 2.19. The van der Waals surface area contributed by atoms with Crippen molar-refractivity contribution in [2.75, 3.05) is 23.7 Å². The Morgan fingerprint density at radius 3 is 2.37 bits per heavy atom. The quantitative estimate of drug-likeness (QED) is 0.418. The Morgan fingerprint density at radius 1 is 1.09 bits per heavy atom. The van der Waals surface area contributed by atoms with Gasteiger partial charge in [0.05, 0.1) is 22.0 Å². The Morgan fingerprint density at radius 2 is 1.77 bits per heavy atom. The van der Waals surface area contributed by atoms with Gasteiger partial charge in [0.25, 0.3) is 0 Å². The number of carbonyl (C=O) groups is 2. The summed E-state index contributed by atoms with van der Waals surface area (Å²) in [6.07, 6.45) is 2.30. The van der Waals surface area contributed by atoms with E-state index in [0.717, 1.165) is 23.8 Å². The number of nitrogens with one attached hydrogen (secondary N) is 1. The number of nitrogens with zero attached hydrogens (tertiary/aromatic N) is 2. The molecule has 0 aliphatic heterocycles. The summed E-state index contributed by atoms with van der Waals surface area (Å²) in [5.41, 5.74) is 2.15. The first kappa shape index (κ1) is 28.9. The number of halogens is 2. The van der Waals surface area contributed by atoms with Gasteiger partial charge >= 0.3 is 0 Å². The van der Waals surface area contributed by atoms with Gasteiger partial charge in [-0.25, -0.2) is 8.42 Å². The molecule has 192 valence electrons. The van der Waals surface area contributed by atoms with E-state index in [1.807, 2.05) is 26.0 Å². The maximum Gasteiger partial charge on any atom is 0.242 e. The van der Waals surface area contributed by atoms with Gasteiger partial charge in [0.2, 0.25) is 21.8 Å². The van der Waals surface area contributed by atoms with Crippen molar-refractivity contribution in [2.24, 2.45) is 0 Å². The zero-order chi connectivity index (χ0) is 26.2. The molecule has 0 spiro atoms. The molecule has 0 unspecified atom stereocenters. The van der Waals surface area contributed by atoms with Crippen LogP contribution in [0, 0.1) is 6.92 Å². The van der Waals surface area contributed by atoms with Crippen LogP contribution in [0.5, 0.6) is 0 Å². The van der Waals surface area contributed by atoms with Crippen LogP contribution >= 0.6 is 23.2 Å². The molecule has 0 aromatic heterocycles. The second kappa shape index (κ2) is 13.1. The SMILES string of the molecule is CCCNC(=O)[C@H](C)N(Cc1ccc(Cl)c(Cl)c1)C(=O)CCCN(c1ccccc1C)S(C)(=O)=O. The Bertz CT molecular complexity index is 1140. The van der Waals surface area contributed by atoms with E-state index in [0.29, 0.717) is 28.7 Å². The molecule has 0 heterocycles. The predicted molar refractivity (Wildman–Crippen MR) is 142 cm³/mol. The van der Waals surface area contributed by atoms with Crippen LogP contribution in [0.1, 0.15) is 44.2 Å². The van der Waals surface area contributed by atoms with Crippen LogP contribution < -0.4 is 9.62 Å². The van der Waals surface area contributed by atoms with Crippen molar-refractivity contribution in [3.63, 3.8) is 0 Å². The Kier molecular flexibility index (Phi) is 10.9. The van der Waals surface area contributed by atoms with Crippen molar-refractivity contribution in [3.05, 3.63) is 63.6 Å². The molecule has 2 amide bonds. The van der Waals surface area contributed by atoms with E-state index in [1.54, 1.807) is 37.3 Å². The van der Waals surface area contributed by atoms with Gasteiger partial charge in [-0.2, -0.15) is 0 Å². The zero-order valence-electron chi connectivity index (χ0n) is 20.6. The second-order valence-electron chi connectivity index (χ2n) is 8.46. The summed E-state index contributed by atoms with van der Waals surface area (Å²) >= 11 is 12.2. The van der Waals surface area contributed by atoms with Gasteiger partial charge in [-0.3, -0.25) is 13.9 Å². The number of rotatable bonds is 12. The molecule has 0 bridgehead atoms. The lowest BCUT2D eigenvalue weighted by atomic mass is 10.1. The van der Waals surface area contributed by atoms with Crippen LogP contribution in [0.25, 0.3) is 0 Å². The average Bonchev–Trinajstić information content (AvgIpc) is 2.80. The highest BCUT2D eigenvalue weighted by Crippen LogP contribution is 2.25. The van der Waals surface area contributed by atoms with Crippen LogP contribution in [0.2, 0.25) is 10.0 Å². The minimum absolute atomic E-state index is 0.0740. The first-order valence-electron chi connectivity index (χ1n) is 11.5. The molecule has 0 radical (unpaired) electrons. The van der Waals surface area contributed by atoms with Crippen LogP contribution in [0.4, 0.5) is 5.69 Å². The summed E-state index contributed by atoms with van der Waals surface area (Å²) in [5.74, 6) is -0.508. The summed E-state index contributed by atoms with van der Waals surface area (Å²) < 4.78 is 26.2. The number of benzene rings is 2. The molecule has 0 saturated carbocycles.